The molecule has 3 rings (SSSR count). The van der Waals surface area contributed by atoms with E-state index < -0.39 is 0 Å². The highest BCUT2D eigenvalue weighted by molar-refractivity contribution is 9.10. The van der Waals surface area contributed by atoms with Crippen LogP contribution in [0.15, 0.2) is 46.4 Å². The summed E-state index contributed by atoms with van der Waals surface area (Å²) in [7, 11) is 0. The van der Waals surface area contributed by atoms with Crippen molar-refractivity contribution in [3.63, 3.8) is 0 Å². The van der Waals surface area contributed by atoms with Crippen molar-refractivity contribution in [3.05, 3.63) is 56.8 Å². The number of benzene rings is 1. The van der Waals surface area contributed by atoms with Crippen molar-refractivity contribution in [2.75, 3.05) is 5.32 Å². The third-order valence-corrected chi connectivity index (χ3v) is 4.98. The van der Waals surface area contributed by atoms with Crippen molar-refractivity contribution < 1.29 is 0 Å². The van der Waals surface area contributed by atoms with Gasteiger partial charge in [-0.2, -0.15) is 0 Å². The number of rotatable bonds is 3. The monoisotopic (exact) mass is 346 g/mol. The van der Waals surface area contributed by atoms with E-state index in [9.17, 15) is 0 Å². The highest BCUT2D eigenvalue weighted by Crippen LogP contribution is 2.30. The lowest BCUT2D eigenvalue weighted by Gasteiger charge is -2.16. The van der Waals surface area contributed by atoms with Crippen molar-refractivity contribution >= 4 is 43.9 Å². The maximum absolute atomic E-state index is 4.53. The Labute approximate surface area is 131 Å². The van der Waals surface area contributed by atoms with Crippen LogP contribution < -0.4 is 5.32 Å². The number of nitrogens with one attached hydrogen (secondary N) is 1. The Kier molecular flexibility index (Phi) is 3.76. The fourth-order valence-electron chi connectivity index (χ4n) is 2.38. The van der Waals surface area contributed by atoms with Crippen LogP contribution in [0.4, 0.5) is 5.69 Å². The molecule has 1 atom stereocenters. The molecule has 2 heterocycles. The molecule has 0 saturated carbocycles. The number of nitrogens with zero attached hydrogens (tertiary/aromatic N) is 1. The average Bonchev–Trinajstić information content (AvgIpc) is 2.85. The number of aromatic nitrogens is 1. The minimum Gasteiger partial charge on any atom is -0.376 e. The summed E-state index contributed by atoms with van der Waals surface area (Å²) < 4.78 is 1.00. The standard InChI is InChI=1S/C16H15BrN2S/c1-10-6-7-20-16(10)11(2)19-14-5-3-4-12-8-13(17)9-18-15(12)14/h3-9,11,19H,1-2H3. The van der Waals surface area contributed by atoms with Crippen LogP contribution in [0, 0.1) is 6.92 Å². The molecular formula is C16H15BrN2S. The quantitative estimate of drug-likeness (QED) is 0.673. The predicted octanol–water partition coefficient (Wildman–Crippen LogP) is 5.54. The molecule has 0 fully saturated rings. The number of halogens is 1. The van der Waals surface area contributed by atoms with E-state index in [0.29, 0.717) is 0 Å². The van der Waals surface area contributed by atoms with E-state index in [-0.39, 0.29) is 6.04 Å². The van der Waals surface area contributed by atoms with Crippen molar-refractivity contribution in [3.8, 4) is 0 Å². The van der Waals surface area contributed by atoms with E-state index in [1.807, 2.05) is 6.20 Å². The topological polar surface area (TPSA) is 24.9 Å². The van der Waals surface area contributed by atoms with Gasteiger partial charge in [0.25, 0.3) is 0 Å². The van der Waals surface area contributed by atoms with Crippen LogP contribution >= 0.6 is 27.3 Å². The maximum atomic E-state index is 4.53. The second-order valence-electron chi connectivity index (χ2n) is 4.86. The molecule has 20 heavy (non-hydrogen) atoms. The summed E-state index contributed by atoms with van der Waals surface area (Å²) in [6.07, 6.45) is 1.84. The Morgan fingerprint density at radius 2 is 2.15 bits per heavy atom. The molecule has 2 nitrogen and oxygen atoms in total. The van der Waals surface area contributed by atoms with Crippen LogP contribution in [0.3, 0.4) is 0 Å². The number of thiophene rings is 1. The highest BCUT2D eigenvalue weighted by Gasteiger charge is 2.11. The van der Waals surface area contributed by atoms with Crippen molar-refractivity contribution in [1.29, 1.82) is 0 Å². The number of fused-ring (bicyclic) bond motifs is 1. The van der Waals surface area contributed by atoms with Gasteiger partial charge in [0.15, 0.2) is 0 Å². The summed E-state index contributed by atoms with van der Waals surface area (Å²) in [6, 6.07) is 10.8. The molecule has 0 bridgehead atoms. The second-order valence-corrected chi connectivity index (χ2v) is 6.73. The molecule has 0 amide bonds. The molecule has 0 spiro atoms. The minimum atomic E-state index is 0.283. The third-order valence-electron chi connectivity index (χ3n) is 3.34. The lowest BCUT2D eigenvalue weighted by atomic mass is 10.1. The molecule has 3 aromatic rings. The molecule has 0 radical (unpaired) electrons. The smallest absolute Gasteiger partial charge is 0.0934 e. The Balaban J connectivity index is 1.97. The van der Waals surface area contributed by atoms with Crippen LogP contribution in [0.5, 0.6) is 0 Å². The molecule has 0 aliphatic carbocycles. The van der Waals surface area contributed by atoms with Gasteiger partial charge in [0.1, 0.15) is 0 Å². The molecule has 0 aliphatic heterocycles. The summed E-state index contributed by atoms with van der Waals surface area (Å²) in [5.41, 5.74) is 3.43. The summed E-state index contributed by atoms with van der Waals surface area (Å²) in [6.45, 7) is 4.35. The SMILES string of the molecule is Cc1ccsc1C(C)Nc1cccc2cc(Br)cnc12. The fraction of sp³-hybridized carbons (Fsp3) is 0.188. The zero-order chi connectivity index (χ0) is 14.1. The number of pyridine rings is 1. The van der Waals surface area contributed by atoms with Gasteiger partial charge in [0, 0.05) is 20.9 Å². The van der Waals surface area contributed by atoms with E-state index in [2.05, 4.69) is 75.8 Å². The molecular weight excluding hydrogens is 332 g/mol. The van der Waals surface area contributed by atoms with Crippen LogP contribution in [-0.2, 0) is 0 Å². The number of hydrogen-bond acceptors (Lipinski definition) is 3. The lowest BCUT2D eigenvalue weighted by Crippen LogP contribution is -2.06. The average molecular weight is 347 g/mol. The molecule has 102 valence electrons. The Hall–Kier alpha value is -1.39. The summed E-state index contributed by atoms with van der Waals surface area (Å²) in [5, 5.41) is 6.86. The Bertz CT molecular complexity index is 751. The normalized spacial score (nSPS) is 12.6. The molecule has 1 unspecified atom stereocenters. The minimum absolute atomic E-state index is 0.283. The summed E-state index contributed by atoms with van der Waals surface area (Å²) in [5.74, 6) is 0. The Morgan fingerprint density at radius 3 is 2.90 bits per heavy atom. The number of hydrogen-bond donors (Lipinski definition) is 1. The largest absolute Gasteiger partial charge is 0.376 e. The van der Waals surface area contributed by atoms with E-state index >= 15 is 0 Å². The van der Waals surface area contributed by atoms with Gasteiger partial charge >= 0.3 is 0 Å². The first kappa shape index (κ1) is 13.6. The number of para-hydroxylation sites is 1. The van der Waals surface area contributed by atoms with Crippen molar-refractivity contribution in [2.45, 2.75) is 19.9 Å². The zero-order valence-corrected chi connectivity index (χ0v) is 13.8. The highest BCUT2D eigenvalue weighted by atomic mass is 79.9. The van der Waals surface area contributed by atoms with E-state index in [4.69, 9.17) is 0 Å². The first-order valence-corrected chi connectivity index (χ1v) is 8.17. The van der Waals surface area contributed by atoms with Gasteiger partial charge in [-0.05, 0) is 58.9 Å². The van der Waals surface area contributed by atoms with Crippen molar-refractivity contribution in [2.24, 2.45) is 0 Å². The molecule has 4 heteroatoms. The van der Waals surface area contributed by atoms with Gasteiger partial charge in [-0.15, -0.1) is 11.3 Å². The molecule has 1 aromatic carbocycles. The van der Waals surface area contributed by atoms with Crippen LogP contribution in [0.1, 0.15) is 23.4 Å². The maximum Gasteiger partial charge on any atom is 0.0934 e. The number of anilines is 1. The number of aryl methyl sites for hydroxylation is 1. The second kappa shape index (κ2) is 5.54. The van der Waals surface area contributed by atoms with Gasteiger partial charge in [-0.3, -0.25) is 4.98 Å². The Morgan fingerprint density at radius 1 is 1.30 bits per heavy atom. The van der Waals surface area contributed by atoms with Gasteiger partial charge in [0.2, 0.25) is 0 Å². The van der Waals surface area contributed by atoms with Crippen molar-refractivity contribution in [1.82, 2.24) is 4.98 Å². The van der Waals surface area contributed by atoms with Gasteiger partial charge in [-0.1, -0.05) is 12.1 Å². The lowest BCUT2D eigenvalue weighted by molar-refractivity contribution is 0.900. The van der Waals surface area contributed by atoms with Crippen LogP contribution in [0.25, 0.3) is 10.9 Å². The summed E-state index contributed by atoms with van der Waals surface area (Å²) in [4.78, 5) is 5.91. The van der Waals surface area contributed by atoms with E-state index in [1.54, 1.807) is 11.3 Å². The van der Waals surface area contributed by atoms with Gasteiger partial charge in [0.05, 0.1) is 17.2 Å². The summed E-state index contributed by atoms with van der Waals surface area (Å²) >= 11 is 5.26. The molecule has 2 aromatic heterocycles. The molecule has 1 N–H and O–H groups in total. The first-order valence-electron chi connectivity index (χ1n) is 6.50. The van der Waals surface area contributed by atoms with Crippen LogP contribution in [0.2, 0.25) is 0 Å². The van der Waals surface area contributed by atoms with E-state index in [1.165, 1.54) is 10.4 Å². The zero-order valence-electron chi connectivity index (χ0n) is 11.4. The van der Waals surface area contributed by atoms with Crippen LogP contribution in [-0.4, -0.2) is 4.98 Å². The van der Waals surface area contributed by atoms with Gasteiger partial charge < -0.3 is 5.32 Å². The van der Waals surface area contributed by atoms with E-state index in [0.717, 1.165) is 21.1 Å². The predicted molar refractivity (Wildman–Crippen MR) is 90.5 cm³/mol. The fourth-order valence-corrected chi connectivity index (χ4v) is 3.66. The third kappa shape index (κ3) is 2.58. The van der Waals surface area contributed by atoms with Gasteiger partial charge in [-0.25, -0.2) is 0 Å². The molecule has 0 saturated heterocycles. The first-order chi connectivity index (χ1) is 9.65. The molecule has 0 aliphatic rings.